The number of hydrogen-bond donors (Lipinski definition) is 1. The molecule has 4 aromatic rings. The topological polar surface area (TPSA) is 73.6 Å². The third-order valence-electron chi connectivity index (χ3n) is 5.28. The number of benzene rings is 3. The first-order chi connectivity index (χ1) is 16.9. The SMILES string of the molecule is CC(C)Cn1nc(-c2cc(OCc3ccccc3)ccc2OCC(=O)O)cc1-c1ccc(Cl)cc1. The van der Waals surface area contributed by atoms with E-state index in [4.69, 9.17) is 31.3 Å². The van der Waals surface area contributed by atoms with E-state index in [2.05, 4.69) is 13.8 Å². The van der Waals surface area contributed by atoms with Gasteiger partial charge in [-0.15, -0.1) is 0 Å². The number of carbonyl (C=O) groups is 1. The fourth-order valence-electron chi connectivity index (χ4n) is 3.69. The third kappa shape index (κ3) is 6.43. The molecule has 0 amide bonds. The summed E-state index contributed by atoms with van der Waals surface area (Å²) in [6.07, 6.45) is 0. The summed E-state index contributed by atoms with van der Waals surface area (Å²) >= 11 is 6.10. The van der Waals surface area contributed by atoms with E-state index in [1.807, 2.05) is 71.4 Å². The molecule has 0 radical (unpaired) electrons. The Labute approximate surface area is 209 Å². The molecule has 0 atom stereocenters. The molecule has 3 aromatic carbocycles. The van der Waals surface area contributed by atoms with Gasteiger partial charge in [0.1, 0.15) is 18.1 Å². The monoisotopic (exact) mass is 490 g/mol. The number of halogens is 1. The average molecular weight is 491 g/mol. The molecule has 0 bridgehead atoms. The van der Waals surface area contributed by atoms with Crippen LogP contribution < -0.4 is 9.47 Å². The highest BCUT2D eigenvalue weighted by Crippen LogP contribution is 2.36. The second kappa shape index (κ2) is 11.1. The molecule has 0 aliphatic carbocycles. The van der Waals surface area contributed by atoms with Crippen molar-refractivity contribution in [3.63, 3.8) is 0 Å². The van der Waals surface area contributed by atoms with Gasteiger partial charge in [-0.05, 0) is 53.4 Å². The summed E-state index contributed by atoms with van der Waals surface area (Å²) in [6, 6.07) is 24.8. The van der Waals surface area contributed by atoms with E-state index < -0.39 is 12.6 Å². The number of aromatic nitrogens is 2. The van der Waals surface area contributed by atoms with E-state index in [0.29, 0.717) is 46.8 Å². The normalized spacial score (nSPS) is 11.0. The van der Waals surface area contributed by atoms with Crippen molar-refractivity contribution >= 4 is 17.6 Å². The quantitative estimate of drug-likeness (QED) is 0.272. The van der Waals surface area contributed by atoms with Crippen LogP contribution in [0.2, 0.25) is 5.02 Å². The first-order valence-corrected chi connectivity index (χ1v) is 11.8. The predicted octanol–water partition coefficient (Wildman–Crippen LogP) is 6.57. The number of hydrogen-bond acceptors (Lipinski definition) is 4. The molecule has 180 valence electrons. The number of aliphatic carboxylic acids is 1. The summed E-state index contributed by atoms with van der Waals surface area (Å²) in [6.45, 7) is 4.94. The zero-order chi connectivity index (χ0) is 24.8. The zero-order valence-electron chi connectivity index (χ0n) is 19.6. The number of rotatable bonds is 10. The Morgan fingerprint density at radius 2 is 1.74 bits per heavy atom. The standard InChI is InChI=1S/C28H27ClN2O4/c1-19(2)16-31-26(21-8-10-22(29)11-9-21)15-25(30-31)24-14-23(12-13-27(24)35-18-28(32)33)34-17-20-6-4-3-5-7-20/h3-15,19H,16-18H2,1-2H3,(H,32,33). The number of carboxylic acid groups (broad SMARTS) is 1. The van der Waals surface area contributed by atoms with Gasteiger partial charge in [0.2, 0.25) is 0 Å². The van der Waals surface area contributed by atoms with Gasteiger partial charge in [-0.25, -0.2) is 4.79 Å². The first kappa shape index (κ1) is 24.4. The predicted molar refractivity (Wildman–Crippen MR) is 137 cm³/mol. The van der Waals surface area contributed by atoms with E-state index in [1.165, 1.54) is 0 Å². The maximum absolute atomic E-state index is 11.2. The minimum absolute atomic E-state index is 0.372. The Hall–Kier alpha value is -3.77. The van der Waals surface area contributed by atoms with E-state index in [-0.39, 0.29) is 0 Å². The molecular formula is C28H27ClN2O4. The van der Waals surface area contributed by atoms with Crippen LogP contribution >= 0.6 is 11.6 Å². The van der Waals surface area contributed by atoms with Crippen LogP contribution in [0.5, 0.6) is 11.5 Å². The molecule has 6 nitrogen and oxygen atoms in total. The molecule has 4 rings (SSSR count). The lowest BCUT2D eigenvalue weighted by molar-refractivity contribution is -0.139. The maximum Gasteiger partial charge on any atom is 0.341 e. The number of ether oxygens (including phenoxy) is 2. The van der Waals surface area contributed by atoms with E-state index in [0.717, 1.165) is 16.8 Å². The largest absolute Gasteiger partial charge is 0.489 e. The zero-order valence-corrected chi connectivity index (χ0v) is 20.4. The number of carboxylic acids is 1. The molecule has 0 aliphatic heterocycles. The van der Waals surface area contributed by atoms with Gasteiger partial charge in [-0.1, -0.05) is 67.9 Å². The molecule has 7 heteroatoms. The lowest BCUT2D eigenvalue weighted by Gasteiger charge is -2.12. The Kier molecular flexibility index (Phi) is 7.73. The highest BCUT2D eigenvalue weighted by Gasteiger charge is 2.17. The Morgan fingerprint density at radius 1 is 1.00 bits per heavy atom. The second-order valence-electron chi connectivity index (χ2n) is 8.61. The van der Waals surface area contributed by atoms with Crippen molar-refractivity contribution in [3.05, 3.63) is 89.4 Å². The van der Waals surface area contributed by atoms with Gasteiger partial charge in [0.25, 0.3) is 0 Å². The molecule has 1 aromatic heterocycles. The molecule has 1 N–H and O–H groups in total. The maximum atomic E-state index is 11.2. The van der Waals surface area contributed by atoms with Crippen molar-refractivity contribution in [1.82, 2.24) is 9.78 Å². The molecule has 0 aliphatic rings. The van der Waals surface area contributed by atoms with Crippen LogP contribution in [0.25, 0.3) is 22.5 Å². The highest BCUT2D eigenvalue weighted by molar-refractivity contribution is 6.30. The van der Waals surface area contributed by atoms with Crippen molar-refractivity contribution in [3.8, 4) is 34.0 Å². The lowest BCUT2D eigenvalue weighted by atomic mass is 10.1. The molecule has 0 saturated carbocycles. The van der Waals surface area contributed by atoms with Gasteiger partial charge in [0, 0.05) is 17.1 Å². The summed E-state index contributed by atoms with van der Waals surface area (Å²) in [5.74, 6) is 0.388. The Bertz CT molecular complexity index is 1280. The lowest BCUT2D eigenvalue weighted by Crippen LogP contribution is -2.10. The summed E-state index contributed by atoms with van der Waals surface area (Å²) < 4.78 is 13.6. The molecular weight excluding hydrogens is 464 g/mol. The van der Waals surface area contributed by atoms with Gasteiger partial charge in [0.15, 0.2) is 6.61 Å². The average Bonchev–Trinajstić information content (AvgIpc) is 3.25. The molecule has 0 unspecified atom stereocenters. The fourth-order valence-corrected chi connectivity index (χ4v) is 3.82. The van der Waals surface area contributed by atoms with Crippen molar-refractivity contribution in [2.45, 2.75) is 27.0 Å². The summed E-state index contributed by atoms with van der Waals surface area (Å²) in [7, 11) is 0. The van der Waals surface area contributed by atoms with Gasteiger partial charge in [0.05, 0.1) is 11.4 Å². The molecule has 1 heterocycles. The second-order valence-corrected chi connectivity index (χ2v) is 9.05. The first-order valence-electron chi connectivity index (χ1n) is 11.4. The van der Waals surface area contributed by atoms with Crippen molar-refractivity contribution in [2.75, 3.05) is 6.61 Å². The van der Waals surface area contributed by atoms with Crippen LogP contribution in [-0.2, 0) is 17.9 Å². The van der Waals surface area contributed by atoms with E-state index in [1.54, 1.807) is 12.1 Å². The number of nitrogens with zero attached hydrogens (tertiary/aromatic N) is 2. The van der Waals surface area contributed by atoms with Crippen molar-refractivity contribution in [1.29, 1.82) is 0 Å². The van der Waals surface area contributed by atoms with Gasteiger partial charge >= 0.3 is 5.97 Å². The fraction of sp³-hybridized carbons (Fsp3) is 0.214. The minimum atomic E-state index is -1.05. The highest BCUT2D eigenvalue weighted by atomic mass is 35.5. The van der Waals surface area contributed by atoms with Gasteiger partial charge in [-0.3, -0.25) is 4.68 Å². The van der Waals surface area contributed by atoms with Crippen LogP contribution in [-0.4, -0.2) is 27.5 Å². The van der Waals surface area contributed by atoms with Crippen LogP contribution in [0, 0.1) is 5.92 Å². The summed E-state index contributed by atoms with van der Waals surface area (Å²) in [4.78, 5) is 11.2. The van der Waals surface area contributed by atoms with Crippen molar-refractivity contribution < 1.29 is 19.4 Å². The van der Waals surface area contributed by atoms with Gasteiger partial charge < -0.3 is 14.6 Å². The molecule has 0 saturated heterocycles. The summed E-state index contributed by atoms with van der Waals surface area (Å²) in [5, 5.41) is 14.7. The third-order valence-corrected chi connectivity index (χ3v) is 5.54. The molecule has 35 heavy (non-hydrogen) atoms. The Morgan fingerprint density at radius 3 is 2.43 bits per heavy atom. The Balaban J connectivity index is 1.73. The van der Waals surface area contributed by atoms with Crippen LogP contribution in [0.1, 0.15) is 19.4 Å². The van der Waals surface area contributed by atoms with Crippen LogP contribution in [0.3, 0.4) is 0 Å². The summed E-state index contributed by atoms with van der Waals surface area (Å²) in [5.41, 5.74) is 4.30. The van der Waals surface area contributed by atoms with Crippen molar-refractivity contribution in [2.24, 2.45) is 5.92 Å². The van der Waals surface area contributed by atoms with Crippen LogP contribution in [0.15, 0.2) is 78.9 Å². The molecule has 0 spiro atoms. The van der Waals surface area contributed by atoms with E-state index >= 15 is 0 Å². The molecule has 0 fully saturated rings. The van der Waals surface area contributed by atoms with Gasteiger partial charge in [-0.2, -0.15) is 5.10 Å². The smallest absolute Gasteiger partial charge is 0.341 e. The minimum Gasteiger partial charge on any atom is -0.489 e. The van der Waals surface area contributed by atoms with E-state index in [9.17, 15) is 4.79 Å². The van der Waals surface area contributed by atoms with Crippen LogP contribution in [0.4, 0.5) is 0 Å².